The van der Waals surface area contributed by atoms with Crippen molar-refractivity contribution in [2.24, 2.45) is 0 Å². The van der Waals surface area contributed by atoms with Gasteiger partial charge in [0.15, 0.2) is 0 Å². The van der Waals surface area contributed by atoms with E-state index < -0.39 is 17.4 Å². The number of alkyl halides is 3. The van der Waals surface area contributed by atoms with Gasteiger partial charge in [0.05, 0.1) is 18.8 Å². The number of hydrogen-bond acceptors (Lipinski definition) is 7. The van der Waals surface area contributed by atoms with Gasteiger partial charge in [-0.2, -0.15) is 13.2 Å². The molecular weight excluding hydrogens is 411 g/mol. The molecule has 1 aromatic carbocycles. The number of aliphatic hydroxyl groups excluding tert-OH is 2. The molecule has 0 saturated carbocycles. The van der Waals surface area contributed by atoms with E-state index in [0.29, 0.717) is 11.5 Å². The van der Waals surface area contributed by atoms with Gasteiger partial charge in [-0.25, -0.2) is 15.0 Å². The fraction of sp³-hybridized carbons (Fsp3) is 0.286. The number of aryl methyl sites for hydroxylation is 1. The van der Waals surface area contributed by atoms with E-state index in [1.807, 2.05) is 13.0 Å². The normalized spacial score (nSPS) is 12.0. The summed E-state index contributed by atoms with van der Waals surface area (Å²) in [6.07, 6.45) is -1.93. The lowest BCUT2D eigenvalue weighted by molar-refractivity contribution is -0.141. The van der Waals surface area contributed by atoms with E-state index in [0.717, 1.165) is 29.0 Å². The Bertz CT molecular complexity index is 1060. The summed E-state index contributed by atoms with van der Waals surface area (Å²) in [6.45, 7) is 2.94. The van der Waals surface area contributed by atoms with Gasteiger partial charge in [-0.05, 0) is 60.9 Å². The Morgan fingerprint density at radius 3 is 2.32 bits per heavy atom. The second kappa shape index (κ2) is 8.86. The van der Waals surface area contributed by atoms with Crippen LogP contribution in [0, 0.1) is 6.92 Å². The molecule has 0 amide bonds. The molecule has 10 heteroatoms. The molecule has 0 saturated heterocycles. The van der Waals surface area contributed by atoms with Crippen LogP contribution in [0.5, 0.6) is 0 Å². The number of benzene rings is 1. The quantitative estimate of drug-likeness (QED) is 0.450. The molecule has 0 radical (unpaired) electrons. The number of halogens is 3. The molecule has 2 aromatic heterocycles. The van der Waals surface area contributed by atoms with Gasteiger partial charge in [0, 0.05) is 18.1 Å². The average Bonchev–Trinajstić information content (AvgIpc) is 2.73. The van der Waals surface area contributed by atoms with Crippen LogP contribution in [0.1, 0.15) is 18.2 Å². The highest BCUT2D eigenvalue weighted by molar-refractivity contribution is 5.72. The van der Waals surface area contributed by atoms with Crippen LogP contribution in [0.3, 0.4) is 0 Å². The minimum atomic E-state index is -4.56. The van der Waals surface area contributed by atoms with Gasteiger partial charge < -0.3 is 20.8 Å². The summed E-state index contributed by atoms with van der Waals surface area (Å²) in [5, 5.41) is 24.8. The molecule has 0 atom stereocenters. The van der Waals surface area contributed by atoms with Crippen LogP contribution in [0.4, 0.5) is 30.6 Å². The van der Waals surface area contributed by atoms with E-state index in [-0.39, 0.29) is 19.2 Å². The van der Waals surface area contributed by atoms with Gasteiger partial charge >= 0.3 is 6.18 Å². The Morgan fingerprint density at radius 2 is 1.65 bits per heavy atom. The Balaban J connectivity index is 1.89. The Hall–Kier alpha value is -3.24. The van der Waals surface area contributed by atoms with E-state index in [4.69, 9.17) is 0 Å². The second-order valence-corrected chi connectivity index (χ2v) is 7.41. The van der Waals surface area contributed by atoms with Crippen molar-refractivity contribution in [2.75, 3.05) is 23.8 Å². The van der Waals surface area contributed by atoms with Crippen molar-refractivity contribution in [3.63, 3.8) is 0 Å². The third-order valence-electron chi connectivity index (χ3n) is 4.50. The van der Waals surface area contributed by atoms with Crippen LogP contribution in [0.15, 0.2) is 48.8 Å². The largest absolute Gasteiger partial charge is 0.433 e. The van der Waals surface area contributed by atoms with E-state index in [1.54, 1.807) is 37.4 Å². The first kappa shape index (κ1) is 22.4. The number of pyridine rings is 1. The minimum absolute atomic E-state index is 0.162. The van der Waals surface area contributed by atoms with Crippen LogP contribution in [0.25, 0.3) is 11.1 Å². The predicted octanol–water partition coefficient (Wildman–Crippen LogP) is 3.76. The maximum atomic E-state index is 12.9. The van der Waals surface area contributed by atoms with Gasteiger partial charge in [0.2, 0.25) is 5.95 Å². The van der Waals surface area contributed by atoms with E-state index in [9.17, 15) is 23.4 Å². The summed E-state index contributed by atoms with van der Waals surface area (Å²) in [5.41, 5.74) is 0.997. The zero-order chi connectivity index (χ0) is 22.6. The van der Waals surface area contributed by atoms with Gasteiger partial charge in [-0.1, -0.05) is 6.07 Å². The van der Waals surface area contributed by atoms with Crippen LogP contribution >= 0.6 is 0 Å². The van der Waals surface area contributed by atoms with Crippen molar-refractivity contribution >= 4 is 17.5 Å². The molecule has 31 heavy (non-hydrogen) atoms. The molecule has 0 aliphatic heterocycles. The van der Waals surface area contributed by atoms with E-state index in [2.05, 4.69) is 25.6 Å². The molecule has 164 valence electrons. The highest BCUT2D eigenvalue weighted by Crippen LogP contribution is 2.30. The third kappa shape index (κ3) is 5.68. The molecule has 0 unspecified atom stereocenters. The number of nitrogens with zero attached hydrogens (tertiary/aromatic N) is 3. The number of aliphatic hydroxyl groups is 2. The molecular formula is C21H22F3N5O2. The van der Waals surface area contributed by atoms with Crippen LogP contribution in [0.2, 0.25) is 0 Å². The highest BCUT2D eigenvalue weighted by atomic mass is 19.4. The number of rotatable bonds is 7. The molecule has 3 aromatic rings. The summed E-state index contributed by atoms with van der Waals surface area (Å²) < 4.78 is 38.7. The zero-order valence-electron chi connectivity index (χ0n) is 16.9. The van der Waals surface area contributed by atoms with E-state index in [1.165, 1.54) is 0 Å². The summed E-state index contributed by atoms with van der Waals surface area (Å²) in [6, 6.07) is 9.77. The topological polar surface area (TPSA) is 103 Å². The summed E-state index contributed by atoms with van der Waals surface area (Å²) >= 11 is 0. The van der Waals surface area contributed by atoms with Crippen molar-refractivity contribution in [1.82, 2.24) is 15.0 Å². The Morgan fingerprint density at radius 1 is 0.935 bits per heavy atom. The highest BCUT2D eigenvalue weighted by Gasteiger charge is 2.32. The predicted molar refractivity (Wildman–Crippen MR) is 111 cm³/mol. The standard InChI is InChI=1S/C21H22F3N5O2/c1-13-7-15(14-3-5-25-18(10-14)29-20(2,11-30)12-31)9-16(8-13)27-19-26-6-4-17(28-19)21(22,23)24/h3-10,30-31H,11-12H2,1-2H3,(H,25,29)(H,26,27,28). The fourth-order valence-electron chi connectivity index (χ4n) is 2.84. The van der Waals surface area contributed by atoms with E-state index >= 15 is 0 Å². The molecule has 3 rings (SSSR count). The maximum absolute atomic E-state index is 12.9. The zero-order valence-corrected chi connectivity index (χ0v) is 16.9. The van der Waals surface area contributed by atoms with Gasteiger partial charge in [-0.3, -0.25) is 0 Å². The molecule has 0 fully saturated rings. The van der Waals surface area contributed by atoms with Crippen molar-refractivity contribution in [1.29, 1.82) is 0 Å². The van der Waals surface area contributed by atoms with Crippen LogP contribution in [-0.4, -0.2) is 43.9 Å². The average molecular weight is 433 g/mol. The Labute approximate surface area is 177 Å². The lowest BCUT2D eigenvalue weighted by Crippen LogP contribution is -2.42. The molecule has 0 aliphatic carbocycles. The third-order valence-corrected chi connectivity index (χ3v) is 4.50. The first-order valence-corrected chi connectivity index (χ1v) is 9.37. The molecule has 0 aliphatic rings. The number of aromatic nitrogens is 3. The summed E-state index contributed by atoms with van der Waals surface area (Å²) in [4.78, 5) is 11.6. The lowest BCUT2D eigenvalue weighted by atomic mass is 10.0. The van der Waals surface area contributed by atoms with Crippen LogP contribution in [-0.2, 0) is 6.18 Å². The Kier molecular flexibility index (Phi) is 6.42. The molecule has 7 nitrogen and oxygen atoms in total. The molecule has 4 N–H and O–H groups in total. The minimum Gasteiger partial charge on any atom is -0.394 e. The second-order valence-electron chi connectivity index (χ2n) is 7.41. The van der Waals surface area contributed by atoms with Gasteiger partial charge in [0.25, 0.3) is 0 Å². The van der Waals surface area contributed by atoms with Gasteiger partial charge in [-0.15, -0.1) is 0 Å². The fourth-order valence-corrected chi connectivity index (χ4v) is 2.84. The van der Waals surface area contributed by atoms with Crippen molar-refractivity contribution in [3.8, 4) is 11.1 Å². The maximum Gasteiger partial charge on any atom is 0.433 e. The monoisotopic (exact) mass is 433 g/mol. The van der Waals surface area contributed by atoms with Crippen molar-refractivity contribution in [3.05, 3.63) is 60.0 Å². The number of anilines is 3. The molecule has 0 spiro atoms. The van der Waals surface area contributed by atoms with Gasteiger partial charge in [0.1, 0.15) is 11.5 Å². The number of nitrogens with one attached hydrogen (secondary N) is 2. The number of hydrogen-bond donors (Lipinski definition) is 4. The van der Waals surface area contributed by atoms with Crippen molar-refractivity contribution in [2.45, 2.75) is 25.6 Å². The smallest absolute Gasteiger partial charge is 0.394 e. The first-order valence-electron chi connectivity index (χ1n) is 9.37. The van der Waals surface area contributed by atoms with Crippen molar-refractivity contribution < 1.29 is 23.4 Å². The molecule has 0 bridgehead atoms. The van der Waals surface area contributed by atoms with Crippen LogP contribution < -0.4 is 10.6 Å². The summed E-state index contributed by atoms with van der Waals surface area (Å²) in [7, 11) is 0. The lowest BCUT2D eigenvalue weighted by Gasteiger charge is -2.27. The SMILES string of the molecule is Cc1cc(Nc2nccc(C(F)(F)F)n2)cc(-c2ccnc(NC(C)(CO)CO)c2)c1. The first-order chi connectivity index (χ1) is 14.6. The summed E-state index contributed by atoms with van der Waals surface area (Å²) in [5.74, 6) is 0.297. The molecule has 2 heterocycles.